The summed E-state index contributed by atoms with van der Waals surface area (Å²) in [4.78, 5) is 29.0. The van der Waals surface area contributed by atoms with E-state index in [0.717, 1.165) is 0 Å². The molecule has 0 spiro atoms. The Morgan fingerprint density at radius 3 is 2.65 bits per heavy atom. The number of amides is 2. The highest BCUT2D eigenvalue weighted by atomic mass is 16.4. The lowest BCUT2D eigenvalue weighted by atomic mass is 10.4. The molecule has 6 nitrogen and oxygen atoms in total. The molecule has 0 radical (unpaired) electrons. The van der Waals surface area contributed by atoms with Crippen LogP contribution in [0.5, 0.6) is 0 Å². The number of aliphatic carboxylic acids is 1. The lowest BCUT2D eigenvalue weighted by Crippen LogP contribution is -2.39. The second-order valence-electron chi connectivity index (χ2n) is 3.62. The van der Waals surface area contributed by atoms with E-state index in [1.54, 1.807) is 38.6 Å². The number of urea groups is 1. The van der Waals surface area contributed by atoms with Gasteiger partial charge in [0.2, 0.25) is 0 Å². The van der Waals surface area contributed by atoms with Crippen molar-refractivity contribution in [2.75, 3.05) is 25.5 Å². The van der Waals surface area contributed by atoms with Gasteiger partial charge in [0.25, 0.3) is 0 Å². The zero-order valence-electron chi connectivity index (χ0n) is 9.83. The number of carbonyl (C=O) groups excluding carboxylic acids is 1. The van der Waals surface area contributed by atoms with E-state index in [2.05, 4.69) is 4.98 Å². The normalized spacial score (nSPS) is 9.76. The summed E-state index contributed by atoms with van der Waals surface area (Å²) in [5.41, 5.74) is 0.666. The Kier molecular flexibility index (Phi) is 4.45. The van der Waals surface area contributed by atoms with Crippen LogP contribution in [0, 0.1) is 0 Å². The largest absolute Gasteiger partial charge is 0.481 e. The minimum absolute atomic E-state index is 0.0663. The van der Waals surface area contributed by atoms with Crippen LogP contribution < -0.4 is 4.90 Å². The fraction of sp³-hybridized carbons (Fsp3) is 0.364. The minimum atomic E-state index is -0.923. The molecular formula is C11H15N3O3. The molecule has 1 aromatic heterocycles. The van der Waals surface area contributed by atoms with Crippen LogP contribution in [0.25, 0.3) is 0 Å². The Bertz CT molecular complexity index is 394. The van der Waals surface area contributed by atoms with Gasteiger partial charge < -0.3 is 10.0 Å². The van der Waals surface area contributed by atoms with E-state index in [-0.39, 0.29) is 19.0 Å². The number of nitrogens with zero attached hydrogens (tertiary/aromatic N) is 3. The van der Waals surface area contributed by atoms with Crippen molar-refractivity contribution < 1.29 is 14.7 Å². The molecule has 1 heterocycles. The summed E-state index contributed by atoms with van der Waals surface area (Å²) in [6.07, 6.45) is 3.13. The number of carbonyl (C=O) groups is 2. The van der Waals surface area contributed by atoms with Crippen LogP contribution in [0.3, 0.4) is 0 Å². The smallest absolute Gasteiger partial charge is 0.324 e. The molecule has 2 amide bonds. The van der Waals surface area contributed by atoms with Gasteiger partial charge in [-0.05, 0) is 12.1 Å². The number of carboxylic acid groups (broad SMARTS) is 1. The maximum atomic E-state index is 11.9. The number of hydrogen-bond acceptors (Lipinski definition) is 3. The highest BCUT2D eigenvalue weighted by Gasteiger charge is 2.16. The maximum absolute atomic E-state index is 11.9. The molecule has 0 saturated heterocycles. The van der Waals surface area contributed by atoms with Crippen LogP contribution in [-0.2, 0) is 4.79 Å². The van der Waals surface area contributed by atoms with Gasteiger partial charge in [-0.15, -0.1) is 0 Å². The Labute approximate surface area is 99.5 Å². The van der Waals surface area contributed by atoms with Crippen LogP contribution in [-0.4, -0.2) is 47.6 Å². The first kappa shape index (κ1) is 13.0. The monoisotopic (exact) mass is 237 g/mol. The first-order valence-corrected chi connectivity index (χ1v) is 5.13. The third kappa shape index (κ3) is 3.75. The van der Waals surface area contributed by atoms with E-state index in [1.165, 1.54) is 9.80 Å². The first-order chi connectivity index (χ1) is 8.02. The second kappa shape index (κ2) is 5.83. The third-order valence-electron chi connectivity index (χ3n) is 2.31. The molecule has 1 N–H and O–H groups in total. The molecule has 0 aliphatic heterocycles. The minimum Gasteiger partial charge on any atom is -0.481 e. The molecule has 0 aliphatic carbocycles. The van der Waals surface area contributed by atoms with Crippen molar-refractivity contribution in [1.29, 1.82) is 0 Å². The van der Waals surface area contributed by atoms with Gasteiger partial charge in [-0.3, -0.25) is 14.7 Å². The van der Waals surface area contributed by atoms with Gasteiger partial charge in [0.1, 0.15) is 0 Å². The first-order valence-electron chi connectivity index (χ1n) is 5.13. The second-order valence-corrected chi connectivity index (χ2v) is 3.62. The third-order valence-corrected chi connectivity index (χ3v) is 2.31. The van der Waals surface area contributed by atoms with Crippen molar-refractivity contribution in [2.24, 2.45) is 0 Å². The molecule has 0 saturated carbocycles. The molecule has 17 heavy (non-hydrogen) atoms. The molecule has 1 rings (SSSR count). The predicted octanol–water partition coefficient (Wildman–Crippen LogP) is 1.04. The van der Waals surface area contributed by atoms with Crippen LogP contribution in [0.15, 0.2) is 24.5 Å². The molecule has 0 aliphatic rings. The average molecular weight is 237 g/mol. The van der Waals surface area contributed by atoms with E-state index in [9.17, 15) is 9.59 Å². The summed E-state index contributed by atoms with van der Waals surface area (Å²) in [5, 5.41) is 8.54. The zero-order valence-corrected chi connectivity index (χ0v) is 9.83. The molecule has 1 aromatic rings. The predicted molar refractivity (Wildman–Crippen MR) is 62.9 cm³/mol. The van der Waals surface area contributed by atoms with E-state index in [4.69, 9.17) is 5.11 Å². The Morgan fingerprint density at radius 2 is 2.12 bits per heavy atom. The molecule has 0 unspecified atom stereocenters. The van der Waals surface area contributed by atoms with Gasteiger partial charge in [-0.1, -0.05) is 0 Å². The number of pyridine rings is 1. The van der Waals surface area contributed by atoms with E-state index < -0.39 is 5.97 Å². The van der Waals surface area contributed by atoms with Crippen LogP contribution in [0.4, 0.5) is 10.5 Å². The lowest BCUT2D eigenvalue weighted by molar-refractivity contribution is -0.137. The molecule has 0 aromatic carbocycles. The van der Waals surface area contributed by atoms with Gasteiger partial charge in [0.05, 0.1) is 18.3 Å². The van der Waals surface area contributed by atoms with E-state index in [1.807, 2.05) is 0 Å². The molecule has 0 atom stereocenters. The van der Waals surface area contributed by atoms with Gasteiger partial charge in [-0.2, -0.15) is 0 Å². The number of aromatic nitrogens is 1. The average Bonchev–Trinajstić information content (AvgIpc) is 2.35. The highest BCUT2D eigenvalue weighted by Crippen LogP contribution is 2.11. The van der Waals surface area contributed by atoms with Crippen LogP contribution in [0.1, 0.15) is 6.42 Å². The summed E-state index contributed by atoms with van der Waals surface area (Å²) in [6.45, 7) is 0.179. The van der Waals surface area contributed by atoms with E-state index >= 15 is 0 Å². The van der Waals surface area contributed by atoms with Crippen molar-refractivity contribution in [2.45, 2.75) is 6.42 Å². The quantitative estimate of drug-likeness (QED) is 0.849. The fourth-order valence-electron chi connectivity index (χ4n) is 1.28. The Hall–Kier alpha value is -2.11. The standard InChI is InChI=1S/C11H15N3O3/c1-13(7-5-10(15)16)11(17)14(2)9-4-3-6-12-8-9/h3-4,6,8H,5,7H2,1-2H3,(H,15,16). The summed E-state index contributed by atoms with van der Waals surface area (Å²) >= 11 is 0. The van der Waals surface area contributed by atoms with Crippen molar-refractivity contribution in [3.8, 4) is 0 Å². The molecule has 92 valence electrons. The number of carboxylic acids is 1. The molecular weight excluding hydrogens is 222 g/mol. The Morgan fingerprint density at radius 1 is 1.41 bits per heavy atom. The van der Waals surface area contributed by atoms with E-state index in [0.29, 0.717) is 5.69 Å². The SMILES string of the molecule is CN(CCC(=O)O)C(=O)N(C)c1cccnc1. The molecule has 6 heteroatoms. The van der Waals surface area contributed by atoms with Crippen LogP contribution in [0.2, 0.25) is 0 Å². The molecule has 0 bridgehead atoms. The van der Waals surface area contributed by atoms with Gasteiger partial charge in [0, 0.05) is 26.8 Å². The fourth-order valence-corrected chi connectivity index (χ4v) is 1.28. The lowest BCUT2D eigenvalue weighted by Gasteiger charge is -2.24. The highest BCUT2D eigenvalue weighted by molar-refractivity contribution is 5.91. The number of anilines is 1. The summed E-state index contributed by atoms with van der Waals surface area (Å²) < 4.78 is 0. The van der Waals surface area contributed by atoms with Crippen molar-refractivity contribution in [3.63, 3.8) is 0 Å². The number of hydrogen-bond donors (Lipinski definition) is 1. The molecule has 0 fully saturated rings. The topological polar surface area (TPSA) is 73.7 Å². The Balaban J connectivity index is 2.60. The van der Waals surface area contributed by atoms with Crippen molar-refractivity contribution in [3.05, 3.63) is 24.5 Å². The summed E-state index contributed by atoms with van der Waals surface area (Å²) in [7, 11) is 3.19. The van der Waals surface area contributed by atoms with Crippen LogP contribution >= 0.6 is 0 Å². The van der Waals surface area contributed by atoms with Gasteiger partial charge in [-0.25, -0.2) is 4.79 Å². The van der Waals surface area contributed by atoms with Crippen molar-refractivity contribution >= 4 is 17.7 Å². The van der Waals surface area contributed by atoms with Crippen molar-refractivity contribution in [1.82, 2.24) is 9.88 Å². The zero-order chi connectivity index (χ0) is 12.8. The number of rotatable bonds is 4. The van der Waals surface area contributed by atoms with Gasteiger partial charge >= 0.3 is 12.0 Å². The van der Waals surface area contributed by atoms with Gasteiger partial charge in [0.15, 0.2) is 0 Å². The maximum Gasteiger partial charge on any atom is 0.324 e. The summed E-state index contributed by atoms with van der Waals surface area (Å²) in [5.74, 6) is -0.923. The summed E-state index contributed by atoms with van der Waals surface area (Å²) in [6, 6.07) is 3.23.